The van der Waals surface area contributed by atoms with Crippen molar-refractivity contribution in [1.82, 2.24) is 4.31 Å². The van der Waals surface area contributed by atoms with E-state index in [0.717, 1.165) is 12.0 Å². The fraction of sp³-hybridized carbons (Fsp3) is 0.571. The summed E-state index contributed by atoms with van der Waals surface area (Å²) < 4.78 is 26.6. The van der Waals surface area contributed by atoms with Crippen LogP contribution in [0.15, 0.2) is 17.0 Å². The van der Waals surface area contributed by atoms with E-state index < -0.39 is 10.0 Å². The molecule has 0 aliphatic heterocycles. The molecule has 0 amide bonds. The van der Waals surface area contributed by atoms with Crippen molar-refractivity contribution in [2.75, 3.05) is 19.3 Å². The SMILES string of the molecule is CCC(C)CN(C)S(=O)(=O)c1c(C)ccc(C)c1N. The van der Waals surface area contributed by atoms with E-state index in [-0.39, 0.29) is 4.90 Å². The highest BCUT2D eigenvalue weighted by atomic mass is 32.2. The number of sulfonamides is 1. The van der Waals surface area contributed by atoms with Gasteiger partial charge < -0.3 is 5.73 Å². The first-order valence-electron chi connectivity index (χ1n) is 6.53. The lowest BCUT2D eigenvalue weighted by Gasteiger charge is -2.23. The second kappa shape index (κ2) is 5.92. The standard InChI is InChI=1S/C14H24N2O2S/c1-6-10(2)9-16(5)19(17,18)14-12(4)8-7-11(3)13(14)15/h7-8,10H,6,9,15H2,1-5H3. The quantitative estimate of drug-likeness (QED) is 0.845. The second-order valence-electron chi connectivity index (χ2n) is 5.24. The Morgan fingerprint density at radius 1 is 1.26 bits per heavy atom. The van der Waals surface area contributed by atoms with Crippen LogP contribution >= 0.6 is 0 Å². The highest BCUT2D eigenvalue weighted by molar-refractivity contribution is 7.89. The van der Waals surface area contributed by atoms with Gasteiger partial charge in [0.15, 0.2) is 0 Å². The third-order valence-electron chi connectivity index (χ3n) is 3.54. The molecule has 0 aliphatic carbocycles. The molecule has 1 aromatic rings. The van der Waals surface area contributed by atoms with Crippen molar-refractivity contribution >= 4 is 15.7 Å². The van der Waals surface area contributed by atoms with E-state index in [9.17, 15) is 8.42 Å². The van der Waals surface area contributed by atoms with Crippen LogP contribution in [0.5, 0.6) is 0 Å². The first-order chi connectivity index (χ1) is 8.71. The first-order valence-corrected chi connectivity index (χ1v) is 7.97. The number of hydrogen-bond acceptors (Lipinski definition) is 3. The van der Waals surface area contributed by atoms with Crippen molar-refractivity contribution in [3.05, 3.63) is 23.3 Å². The van der Waals surface area contributed by atoms with E-state index in [1.807, 2.05) is 19.9 Å². The number of nitrogens with zero attached hydrogens (tertiary/aromatic N) is 1. The van der Waals surface area contributed by atoms with Gasteiger partial charge in [-0.15, -0.1) is 0 Å². The lowest BCUT2D eigenvalue weighted by atomic mass is 10.1. The van der Waals surface area contributed by atoms with Crippen LogP contribution in [0, 0.1) is 19.8 Å². The Labute approximate surface area is 116 Å². The third kappa shape index (κ3) is 3.28. The van der Waals surface area contributed by atoms with Crippen molar-refractivity contribution in [3.63, 3.8) is 0 Å². The van der Waals surface area contributed by atoms with Gasteiger partial charge in [-0.05, 0) is 30.9 Å². The smallest absolute Gasteiger partial charge is 0.245 e. The van der Waals surface area contributed by atoms with Crippen LogP contribution < -0.4 is 5.73 Å². The van der Waals surface area contributed by atoms with Crippen LogP contribution in [0.1, 0.15) is 31.4 Å². The van der Waals surface area contributed by atoms with Crippen molar-refractivity contribution in [2.45, 2.75) is 39.0 Å². The van der Waals surface area contributed by atoms with Gasteiger partial charge in [-0.25, -0.2) is 12.7 Å². The van der Waals surface area contributed by atoms with E-state index >= 15 is 0 Å². The minimum Gasteiger partial charge on any atom is -0.397 e. The molecule has 19 heavy (non-hydrogen) atoms. The average Bonchev–Trinajstić information content (AvgIpc) is 2.33. The Bertz CT molecular complexity index is 553. The molecule has 1 unspecified atom stereocenters. The Kier molecular flexibility index (Phi) is 4.98. The van der Waals surface area contributed by atoms with Crippen LogP contribution in [-0.2, 0) is 10.0 Å². The average molecular weight is 284 g/mol. The Balaban J connectivity index is 3.24. The molecule has 108 valence electrons. The molecule has 0 spiro atoms. The molecule has 1 rings (SSSR count). The summed E-state index contributed by atoms with van der Waals surface area (Å²) in [6.45, 7) is 8.20. The number of hydrogen-bond donors (Lipinski definition) is 1. The predicted octanol–water partition coefficient (Wildman–Crippen LogP) is 2.55. The number of anilines is 1. The van der Waals surface area contributed by atoms with Crippen molar-refractivity contribution in [1.29, 1.82) is 0 Å². The molecule has 4 nitrogen and oxygen atoms in total. The number of benzene rings is 1. The zero-order valence-corrected chi connectivity index (χ0v) is 13.2. The molecule has 0 fully saturated rings. The van der Waals surface area contributed by atoms with Gasteiger partial charge in [-0.1, -0.05) is 32.4 Å². The van der Waals surface area contributed by atoms with Crippen molar-refractivity contribution < 1.29 is 8.42 Å². The molecule has 0 aromatic heterocycles. The fourth-order valence-electron chi connectivity index (χ4n) is 1.97. The maximum Gasteiger partial charge on any atom is 0.245 e. The van der Waals surface area contributed by atoms with E-state index in [0.29, 0.717) is 23.7 Å². The molecule has 1 atom stereocenters. The van der Waals surface area contributed by atoms with E-state index in [2.05, 4.69) is 6.92 Å². The lowest BCUT2D eigenvalue weighted by Crippen LogP contribution is -2.32. The number of nitrogens with two attached hydrogens (primary N) is 1. The molecule has 0 aliphatic rings. The normalized spacial score (nSPS) is 13.8. The zero-order valence-electron chi connectivity index (χ0n) is 12.4. The summed E-state index contributed by atoms with van der Waals surface area (Å²) in [5, 5.41) is 0. The van der Waals surface area contributed by atoms with Gasteiger partial charge in [0.2, 0.25) is 10.0 Å². The molecule has 5 heteroatoms. The number of aryl methyl sites for hydroxylation is 2. The molecule has 0 bridgehead atoms. The Morgan fingerprint density at radius 2 is 1.79 bits per heavy atom. The molecule has 1 aromatic carbocycles. The van der Waals surface area contributed by atoms with Crippen molar-refractivity contribution in [3.8, 4) is 0 Å². The van der Waals surface area contributed by atoms with Crippen molar-refractivity contribution in [2.24, 2.45) is 5.92 Å². The highest BCUT2D eigenvalue weighted by Gasteiger charge is 2.26. The molecular formula is C14H24N2O2S. The van der Waals surface area contributed by atoms with Gasteiger partial charge in [0.25, 0.3) is 0 Å². The molecule has 0 heterocycles. The number of rotatable bonds is 5. The highest BCUT2D eigenvalue weighted by Crippen LogP contribution is 2.28. The predicted molar refractivity (Wildman–Crippen MR) is 79.6 cm³/mol. The zero-order chi connectivity index (χ0) is 14.8. The van der Waals surface area contributed by atoms with Gasteiger partial charge in [0.1, 0.15) is 4.90 Å². The lowest BCUT2D eigenvalue weighted by molar-refractivity contribution is 0.393. The molecule has 0 saturated carbocycles. The second-order valence-corrected chi connectivity index (χ2v) is 7.22. The van der Waals surface area contributed by atoms with E-state index in [1.165, 1.54) is 4.31 Å². The maximum atomic E-state index is 12.6. The van der Waals surface area contributed by atoms with Gasteiger partial charge in [-0.3, -0.25) is 0 Å². The summed E-state index contributed by atoms with van der Waals surface area (Å²) in [6.07, 6.45) is 0.947. The summed E-state index contributed by atoms with van der Waals surface area (Å²) in [4.78, 5) is 0.248. The Morgan fingerprint density at radius 3 is 2.32 bits per heavy atom. The van der Waals surface area contributed by atoms with Gasteiger partial charge in [0, 0.05) is 13.6 Å². The van der Waals surface area contributed by atoms with E-state index in [1.54, 1.807) is 20.0 Å². The maximum absolute atomic E-state index is 12.6. The minimum atomic E-state index is -3.52. The summed E-state index contributed by atoms with van der Waals surface area (Å²) in [6, 6.07) is 3.65. The van der Waals surface area contributed by atoms with E-state index in [4.69, 9.17) is 5.73 Å². The molecule has 0 saturated heterocycles. The summed E-state index contributed by atoms with van der Waals surface area (Å²) in [5.74, 6) is 0.325. The minimum absolute atomic E-state index is 0.248. The number of nitrogen functional groups attached to an aromatic ring is 1. The summed E-state index contributed by atoms with van der Waals surface area (Å²) >= 11 is 0. The largest absolute Gasteiger partial charge is 0.397 e. The van der Waals surface area contributed by atoms with Gasteiger partial charge in [-0.2, -0.15) is 0 Å². The first kappa shape index (κ1) is 16.0. The van der Waals surface area contributed by atoms with Gasteiger partial charge in [0.05, 0.1) is 5.69 Å². The third-order valence-corrected chi connectivity index (χ3v) is 5.57. The summed E-state index contributed by atoms with van der Waals surface area (Å²) in [7, 11) is -1.91. The molecule has 2 N–H and O–H groups in total. The summed E-state index contributed by atoms with van der Waals surface area (Å²) in [5.41, 5.74) is 7.81. The fourth-order valence-corrected chi connectivity index (χ4v) is 3.65. The monoisotopic (exact) mass is 284 g/mol. The Hall–Kier alpha value is -1.07. The van der Waals surface area contributed by atoms with Crippen LogP contribution in [0.2, 0.25) is 0 Å². The molecular weight excluding hydrogens is 260 g/mol. The topological polar surface area (TPSA) is 63.4 Å². The van der Waals surface area contributed by atoms with Gasteiger partial charge >= 0.3 is 0 Å². The van der Waals surface area contributed by atoms with Crippen LogP contribution in [0.25, 0.3) is 0 Å². The van der Waals surface area contributed by atoms with Crippen LogP contribution in [0.3, 0.4) is 0 Å². The van der Waals surface area contributed by atoms with Crippen LogP contribution in [-0.4, -0.2) is 26.3 Å². The van der Waals surface area contributed by atoms with Crippen LogP contribution in [0.4, 0.5) is 5.69 Å². The molecule has 0 radical (unpaired) electrons.